The molecule has 4 saturated heterocycles. The molecule has 0 radical (unpaired) electrons. The Balaban J connectivity index is 0.000000975. The van der Waals surface area contributed by atoms with Gasteiger partial charge in [0.05, 0.1) is 59.8 Å². The van der Waals surface area contributed by atoms with Crippen molar-refractivity contribution in [2.24, 2.45) is 70.1 Å². The van der Waals surface area contributed by atoms with Crippen LogP contribution in [0.5, 0.6) is 0 Å². The lowest BCUT2D eigenvalue weighted by Crippen LogP contribution is -2.62. The highest BCUT2D eigenvalue weighted by atomic mass is 32.3. The molecule has 138 heavy (non-hydrogen) atoms. The summed E-state index contributed by atoms with van der Waals surface area (Å²) < 4.78 is 68.6. The van der Waals surface area contributed by atoms with E-state index in [0.717, 1.165) is 19.3 Å². The summed E-state index contributed by atoms with van der Waals surface area (Å²) in [6, 6.07) is -14.8. The van der Waals surface area contributed by atoms with Crippen LogP contribution in [0.3, 0.4) is 0 Å². The van der Waals surface area contributed by atoms with Gasteiger partial charge in [-0.2, -0.15) is 8.42 Å². The number of Topliss-reactive ketones (excluding diaryl/α,β-unsaturated/α-hetero) is 1. The molecule has 0 saturated carbocycles. The summed E-state index contributed by atoms with van der Waals surface area (Å²) in [6.45, 7) is 29.0. The Hall–Kier alpha value is -7.54. The zero-order valence-electron chi connectivity index (χ0n) is 84.4. The van der Waals surface area contributed by atoms with E-state index >= 15 is 0 Å². The average Bonchev–Trinajstić information content (AvgIpc) is 0.771. The Morgan fingerprint density at radius 2 is 1.09 bits per heavy atom. The molecule has 0 bridgehead atoms. The van der Waals surface area contributed by atoms with E-state index in [1.165, 1.54) is 41.7 Å². The van der Waals surface area contributed by atoms with Crippen molar-refractivity contribution in [1.29, 1.82) is 0 Å². The van der Waals surface area contributed by atoms with Crippen LogP contribution in [0.4, 0.5) is 0 Å². The Kier molecular flexibility index (Phi) is 55.1. The summed E-state index contributed by atoms with van der Waals surface area (Å²) >= 11 is 0. The molecule has 47 nitrogen and oxygen atoms in total. The largest absolute Gasteiger partial charge is 0.459 e. The normalized spacial score (nSPS) is 32.7. The molecule has 4 aliphatic heterocycles. The van der Waals surface area contributed by atoms with Gasteiger partial charge in [-0.3, -0.25) is 71.4 Å². The third-order valence-corrected chi connectivity index (χ3v) is 25.5. The first-order valence-electron chi connectivity index (χ1n) is 48.0. The number of carbonyl (C=O) groups excluding carboxylic acids is 13. The van der Waals surface area contributed by atoms with Crippen molar-refractivity contribution in [3.63, 3.8) is 0 Å². The number of ether oxygens (including phenoxy) is 6. The molecule has 4 heterocycles. The molecule has 0 aromatic carbocycles. The van der Waals surface area contributed by atoms with Crippen LogP contribution in [-0.4, -0.2) is 352 Å². The number of aliphatic hydroxyl groups is 7. The van der Waals surface area contributed by atoms with Gasteiger partial charge in [0, 0.05) is 50.3 Å². The van der Waals surface area contributed by atoms with Gasteiger partial charge >= 0.3 is 16.4 Å². The van der Waals surface area contributed by atoms with Gasteiger partial charge < -0.3 is 156 Å². The zero-order valence-corrected chi connectivity index (χ0v) is 85.2. The number of nitrogens with two attached hydrogens (primary N) is 5. The molecule has 0 aromatic heterocycles. The number of amides is 11. The number of carbonyl (C=O) groups is 13. The molecule has 11 amide bonds. The highest BCUT2D eigenvalue weighted by Crippen LogP contribution is 2.41. The van der Waals surface area contributed by atoms with Crippen molar-refractivity contribution in [3.8, 4) is 0 Å². The molecule has 30 N–H and O–H groups in total. The van der Waals surface area contributed by atoms with Crippen molar-refractivity contribution in [1.82, 2.24) is 63.4 Å². The van der Waals surface area contributed by atoms with Gasteiger partial charge in [-0.1, -0.05) is 88.5 Å². The van der Waals surface area contributed by atoms with Gasteiger partial charge in [0.1, 0.15) is 90.1 Å². The van der Waals surface area contributed by atoms with E-state index in [-0.39, 0.29) is 127 Å². The van der Waals surface area contributed by atoms with Crippen LogP contribution in [-0.2, 0) is 101 Å². The van der Waals surface area contributed by atoms with Crippen molar-refractivity contribution in [2.45, 2.75) is 391 Å². The third kappa shape index (κ3) is 41.1. The van der Waals surface area contributed by atoms with Crippen molar-refractivity contribution in [2.75, 3.05) is 60.5 Å². The van der Waals surface area contributed by atoms with E-state index in [2.05, 4.69) is 72.3 Å². The second kappa shape index (κ2) is 60.1. The van der Waals surface area contributed by atoms with Crippen molar-refractivity contribution >= 4 is 87.1 Å². The van der Waals surface area contributed by atoms with Crippen LogP contribution in [0.25, 0.3) is 0 Å². The van der Waals surface area contributed by atoms with Gasteiger partial charge in [0.15, 0.2) is 12.6 Å². The topological polar surface area (TPSA) is 759 Å². The number of esters is 1. The Bertz CT molecular complexity index is 3950. The summed E-state index contributed by atoms with van der Waals surface area (Å²) in [5.41, 5.74) is 24.4. The number of likely N-dealkylation sites (N-methyl/N-ethyl adjacent to an activating group) is 1. The highest BCUT2D eigenvalue weighted by molar-refractivity contribution is 7.79. The number of nitrogens with one attached hydrogen (secondary N) is 11. The quantitative estimate of drug-likeness (QED) is 0.0160. The van der Waals surface area contributed by atoms with Crippen LogP contribution in [0.1, 0.15) is 234 Å². The smallest absolute Gasteiger partial charge is 0.394 e. The first-order chi connectivity index (χ1) is 64.1. The van der Waals surface area contributed by atoms with E-state index in [4.69, 9.17) is 74.6 Å². The van der Waals surface area contributed by atoms with Crippen molar-refractivity contribution < 1.29 is 144 Å². The fourth-order valence-corrected chi connectivity index (χ4v) is 17.2. The Morgan fingerprint density at radius 3 is 1.54 bits per heavy atom. The van der Waals surface area contributed by atoms with Gasteiger partial charge in [-0.25, -0.2) is 0 Å². The maximum Gasteiger partial charge on any atom is 0.394 e. The number of hydrogen-bond donors (Lipinski definition) is 25. The molecule has 4 rings (SSSR count). The molecule has 4 aliphatic rings. The molecular formula is C90H169N17O30S. The number of rotatable bonds is 36. The number of nitrogens with zero attached hydrogens (tertiary/aromatic N) is 1. The highest BCUT2D eigenvalue weighted by Gasteiger charge is 2.55. The first kappa shape index (κ1) is 127. The first-order valence-corrected chi connectivity index (χ1v) is 49.4. The Labute approximate surface area is 812 Å². The molecule has 1 unspecified atom stereocenters. The molecule has 0 spiro atoms. The second-order valence-electron chi connectivity index (χ2n) is 38.9. The molecule has 31 atom stereocenters. The standard InChI is InChI=1S/C53H100N16O13.C37H67NO13.H2O4S/c1-9-30(6)12-10-11-13-41(72)60-33(14-20-54)48(77)69-43(32(8)71)53(82)65-36(17-23-57)45(74)64-38-19-25-59-52(81)42(31(7)70)68-49(78)37(18-24-58)62-44(73)34(15-21-55)63-50(79)39(26-28(2)3)67-51(80)40(27-29(4)5)66-46(75)35(16-22-56)61-47(38)76;1-14-25-37(10,45)30(41)20(4)27(39)18(2)16-35(8,44)32(51-34-28(40)24(38(11)12)15-19(3)47-34)21(5)29(22(6)33(43)49-25)50-26-17-36(9,46-13)31(42)23(7)48-26;1-5(2,3)4/h28-40,42-43,70-71H,9-27,54-58H2,1-8H3,(H,59,81)(H,60,72)(H,61,76)(H,62,73)(H,63,79)(H,64,74)(H,65,82)(H,66,75)(H,67,80)(H,68,78)(H,69,77);18-26,28-32,34,40-42,44-45H,14-17H2,1-13H3;(H2,1,2,3,4)/t30?,31-,32-,33+,34+,35+,36+,37+,38+,39+,40-,42+,43+;18-,19-,20+,21+,22-,23+,24+,25-,26+,28-,29+,30-,31+,32-,34+,35-,36-,37-;/m11./s1. The third-order valence-electron chi connectivity index (χ3n) is 25.5. The van der Waals surface area contributed by atoms with Gasteiger partial charge in [0.2, 0.25) is 65.0 Å². The summed E-state index contributed by atoms with van der Waals surface area (Å²) in [5.74, 6) is -14.5. The lowest BCUT2D eigenvalue weighted by molar-refractivity contribution is -0.318. The van der Waals surface area contributed by atoms with E-state index in [1.54, 1.807) is 69.2 Å². The Morgan fingerprint density at radius 1 is 0.601 bits per heavy atom. The lowest BCUT2D eigenvalue weighted by Gasteiger charge is -2.49. The number of unbranched alkanes of at least 4 members (excludes halogenated alkanes) is 1. The average molecular weight is 2000 g/mol. The van der Waals surface area contributed by atoms with Crippen LogP contribution < -0.4 is 87.2 Å². The maximum absolute atomic E-state index is 14.4. The number of cyclic esters (lactones) is 1. The van der Waals surface area contributed by atoms with E-state index in [1.807, 2.05) is 25.9 Å². The predicted molar refractivity (Wildman–Crippen MR) is 506 cm³/mol. The monoisotopic (exact) mass is 2000 g/mol. The predicted octanol–water partition coefficient (Wildman–Crippen LogP) is -4.31. The summed E-state index contributed by atoms with van der Waals surface area (Å²) in [4.78, 5) is 182. The molecule has 0 aromatic rings. The summed E-state index contributed by atoms with van der Waals surface area (Å²) in [7, 11) is 0.510. The van der Waals surface area contributed by atoms with Crippen LogP contribution in [0.15, 0.2) is 0 Å². The van der Waals surface area contributed by atoms with Gasteiger partial charge in [-0.05, 0) is 197 Å². The van der Waals surface area contributed by atoms with Crippen LogP contribution in [0.2, 0.25) is 0 Å². The maximum atomic E-state index is 14.4. The number of methoxy groups -OCH3 is 1. The second-order valence-corrected chi connectivity index (χ2v) is 39.8. The molecular weight excluding hydrogens is 1830 g/mol. The SMILES string of the molecule is CCC(C)CCCCC(=O)N[C@@H](CCN)C(=O)N[C@H](C(=O)N[C@@H](CCN)C(=O)N[C@H]1CCNC(=O)[C@H]([C@@H](C)O)NC(=O)[C@H](CCN)NC(=O)[C@H](CCN)NC(=O)[C@H](CC(C)C)NC(=O)[C@@H](CC(C)C)NC(=O)[C@H](CCN)NC1=O)[C@@H](C)O.CC[C@H]1OC(=O)[C@H](C)[C@@H](O[C@H]2C[C@@](C)(OC)[C@@H](O)[C@H](C)O2)[C@H](C)[C@@H](O[C@@H]2O[C@H](C)C[C@H](N(C)C)[C@H]2O)[C@](C)(O)C[C@@H](C)C(=O)[C@H](C)[C@@H](O)[C@]1(C)O.O=S(=O)(O)O. The van der Waals surface area contributed by atoms with E-state index < -0.39 is 269 Å². The zero-order chi connectivity index (χ0) is 106. The van der Waals surface area contributed by atoms with E-state index in [0.29, 0.717) is 18.8 Å². The minimum absolute atomic E-state index is 0.0131. The molecule has 4 fully saturated rings. The van der Waals surface area contributed by atoms with E-state index in [9.17, 15) is 98.1 Å². The number of aliphatic hydroxyl groups excluding tert-OH is 5. The van der Waals surface area contributed by atoms with Gasteiger partial charge in [-0.15, -0.1) is 0 Å². The lowest BCUT2D eigenvalue weighted by atomic mass is 9.74. The minimum atomic E-state index is -4.67. The summed E-state index contributed by atoms with van der Waals surface area (Å²) in [6.07, 6.45) is -10.5. The van der Waals surface area contributed by atoms with Crippen LogP contribution in [0, 0.1) is 41.4 Å². The van der Waals surface area contributed by atoms with Gasteiger partial charge in [0.25, 0.3) is 0 Å². The minimum Gasteiger partial charge on any atom is -0.459 e. The number of ketones is 1. The molecule has 0 aliphatic carbocycles. The van der Waals surface area contributed by atoms with Crippen LogP contribution >= 0.6 is 0 Å². The number of hydrogen-bond acceptors (Lipinski definition) is 34. The fraction of sp³-hybridized carbons (Fsp3) is 0.856. The molecule has 800 valence electrons. The molecule has 48 heteroatoms. The summed E-state index contributed by atoms with van der Waals surface area (Å²) in [5, 5.41) is 107. The fourth-order valence-electron chi connectivity index (χ4n) is 17.2. The van der Waals surface area contributed by atoms with Crippen molar-refractivity contribution in [3.05, 3.63) is 0 Å².